The second kappa shape index (κ2) is 9.94. The van der Waals surface area contributed by atoms with Gasteiger partial charge in [-0.05, 0) is 56.0 Å². The SMILES string of the molecule is Cc1cccc(C)c1NC(=O)CN(CCC(=O)Nc1ccc(Cl)c(C(=O)O)c1)C1CC1. The monoisotopic (exact) mass is 443 g/mol. The van der Waals surface area contributed by atoms with E-state index in [9.17, 15) is 14.4 Å². The zero-order chi connectivity index (χ0) is 22.5. The molecular weight excluding hydrogens is 418 g/mol. The van der Waals surface area contributed by atoms with Gasteiger partial charge in [0.1, 0.15) is 0 Å². The molecule has 1 saturated carbocycles. The van der Waals surface area contributed by atoms with Gasteiger partial charge in [-0.15, -0.1) is 0 Å². The number of hydrogen-bond donors (Lipinski definition) is 3. The van der Waals surface area contributed by atoms with Crippen LogP contribution in [0.15, 0.2) is 36.4 Å². The summed E-state index contributed by atoms with van der Waals surface area (Å²) < 4.78 is 0. The number of hydrogen-bond acceptors (Lipinski definition) is 4. The minimum absolute atomic E-state index is 0.0674. The first-order valence-electron chi connectivity index (χ1n) is 10.2. The number of para-hydroxylation sites is 1. The highest BCUT2D eigenvalue weighted by atomic mass is 35.5. The molecule has 3 rings (SSSR count). The van der Waals surface area contributed by atoms with Gasteiger partial charge in [-0.25, -0.2) is 4.79 Å². The summed E-state index contributed by atoms with van der Waals surface area (Å²) in [5.41, 5.74) is 3.15. The smallest absolute Gasteiger partial charge is 0.337 e. The van der Waals surface area contributed by atoms with Crippen LogP contribution >= 0.6 is 11.6 Å². The third-order valence-electron chi connectivity index (χ3n) is 5.26. The van der Waals surface area contributed by atoms with Crippen LogP contribution in [0.4, 0.5) is 11.4 Å². The quantitative estimate of drug-likeness (QED) is 0.542. The number of aryl methyl sites for hydroxylation is 2. The summed E-state index contributed by atoms with van der Waals surface area (Å²) in [6, 6.07) is 10.5. The molecule has 0 bridgehead atoms. The van der Waals surface area contributed by atoms with E-state index in [1.165, 1.54) is 12.1 Å². The van der Waals surface area contributed by atoms with E-state index in [-0.39, 0.29) is 35.4 Å². The number of benzene rings is 2. The summed E-state index contributed by atoms with van der Waals surface area (Å²) in [6.45, 7) is 4.57. The zero-order valence-electron chi connectivity index (χ0n) is 17.6. The highest BCUT2D eigenvalue weighted by Gasteiger charge is 2.30. The lowest BCUT2D eigenvalue weighted by Crippen LogP contribution is -2.37. The Morgan fingerprint density at radius 2 is 1.74 bits per heavy atom. The number of halogens is 1. The third-order valence-corrected chi connectivity index (χ3v) is 5.59. The maximum atomic E-state index is 12.6. The van der Waals surface area contributed by atoms with Crippen LogP contribution in [0, 0.1) is 13.8 Å². The first-order chi connectivity index (χ1) is 14.7. The molecular formula is C23H26ClN3O4. The van der Waals surface area contributed by atoms with Gasteiger partial charge in [-0.1, -0.05) is 29.8 Å². The van der Waals surface area contributed by atoms with E-state index in [0.29, 0.717) is 18.3 Å². The van der Waals surface area contributed by atoms with Gasteiger partial charge in [0.05, 0.1) is 17.1 Å². The normalized spacial score (nSPS) is 13.2. The Balaban J connectivity index is 1.55. The van der Waals surface area contributed by atoms with Crippen LogP contribution in [-0.4, -0.2) is 46.9 Å². The lowest BCUT2D eigenvalue weighted by Gasteiger charge is -2.22. The fourth-order valence-corrected chi connectivity index (χ4v) is 3.64. The van der Waals surface area contributed by atoms with E-state index < -0.39 is 5.97 Å². The minimum Gasteiger partial charge on any atom is -0.478 e. The van der Waals surface area contributed by atoms with Crippen LogP contribution in [0.1, 0.15) is 40.7 Å². The maximum absolute atomic E-state index is 12.6. The van der Waals surface area contributed by atoms with Crippen LogP contribution in [0.3, 0.4) is 0 Å². The Morgan fingerprint density at radius 3 is 2.35 bits per heavy atom. The van der Waals surface area contributed by atoms with E-state index in [2.05, 4.69) is 10.6 Å². The van der Waals surface area contributed by atoms with Crippen LogP contribution in [0.25, 0.3) is 0 Å². The van der Waals surface area contributed by atoms with E-state index in [1.54, 1.807) is 6.07 Å². The highest BCUT2D eigenvalue weighted by molar-refractivity contribution is 6.33. The highest BCUT2D eigenvalue weighted by Crippen LogP contribution is 2.27. The topological polar surface area (TPSA) is 98.7 Å². The predicted octanol–water partition coefficient (Wildman–Crippen LogP) is 4.09. The first kappa shape index (κ1) is 22.8. The molecule has 164 valence electrons. The molecule has 0 radical (unpaired) electrons. The molecule has 2 amide bonds. The predicted molar refractivity (Wildman–Crippen MR) is 121 cm³/mol. The van der Waals surface area contributed by atoms with Crippen molar-refractivity contribution in [2.24, 2.45) is 0 Å². The molecule has 0 spiro atoms. The van der Waals surface area contributed by atoms with Crippen molar-refractivity contribution in [1.29, 1.82) is 0 Å². The maximum Gasteiger partial charge on any atom is 0.337 e. The largest absolute Gasteiger partial charge is 0.478 e. The number of anilines is 2. The lowest BCUT2D eigenvalue weighted by atomic mass is 10.1. The molecule has 31 heavy (non-hydrogen) atoms. The minimum atomic E-state index is -1.16. The molecule has 0 atom stereocenters. The van der Waals surface area contributed by atoms with Gasteiger partial charge >= 0.3 is 5.97 Å². The molecule has 1 fully saturated rings. The molecule has 1 aliphatic carbocycles. The number of carboxylic acid groups (broad SMARTS) is 1. The van der Waals surface area contributed by atoms with E-state index in [4.69, 9.17) is 16.7 Å². The standard InChI is InChI=1S/C23H26ClN3O4/c1-14-4-3-5-15(2)22(14)26-21(29)13-27(17-7-8-17)11-10-20(28)25-16-6-9-19(24)18(12-16)23(30)31/h3-6,9,12,17H,7-8,10-11,13H2,1-2H3,(H,25,28)(H,26,29)(H,30,31). The van der Waals surface area contributed by atoms with E-state index in [1.807, 2.05) is 36.9 Å². The molecule has 0 unspecified atom stereocenters. The van der Waals surface area contributed by atoms with Gasteiger partial charge < -0.3 is 15.7 Å². The fraction of sp³-hybridized carbons (Fsp3) is 0.348. The van der Waals surface area contributed by atoms with Crippen LogP contribution < -0.4 is 10.6 Å². The summed E-state index contributed by atoms with van der Waals surface area (Å²) in [7, 11) is 0. The summed E-state index contributed by atoms with van der Waals surface area (Å²) in [5, 5.41) is 15.0. The average Bonchev–Trinajstić information content (AvgIpc) is 3.54. The third kappa shape index (κ3) is 6.29. The first-order valence-corrected chi connectivity index (χ1v) is 10.5. The number of amides is 2. The van der Waals surface area contributed by atoms with Crippen molar-refractivity contribution >= 4 is 40.8 Å². The Morgan fingerprint density at radius 1 is 1.06 bits per heavy atom. The molecule has 7 nitrogen and oxygen atoms in total. The number of carbonyl (C=O) groups is 3. The van der Waals surface area contributed by atoms with Gasteiger partial charge in [0.2, 0.25) is 11.8 Å². The van der Waals surface area contributed by atoms with Crippen molar-refractivity contribution < 1.29 is 19.5 Å². The van der Waals surface area contributed by atoms with Crippen molar-refractivity contribution in [3.63, 3.8) is 0 Å². The Bertz CT molecular complexity index is 984. The summed E-state index contributed by atoms with van der Waals surface area (Å²) in [6.07, 6.45) is 2.22. The van der Waals surface area contributed by atoms with Crippen molar-refractivity contribution in [3.8, 4) is 0 Å². The second-order valence-corrected chi connectivity index (χ2v) is 8.22. The van der Waals surface area contributed by atoms with Crippen molar-refractivity contribution in [2.45, 2.75) is 39.2 Å². The Hall–Kier alpha value is -2.90. The van der Waals surface area contributed by atoms with E-state index >= 15 is 0 Å². The summed E-state index contributed by atoms with van der Waals surface area (Å²) in [4.78, 5) is 38.2. The lowest BCUT2D eigenvalue weighted by molar-refractivity contribution is -0.119. The van der Waals surface area contributed by atoms with Gasteiger partial charge in [0.15, 0.2) is 0 Å². The Labute approximate surface area is 186 Å². The molecule has 2 aromatic rings. The fourth-order valence-electron chi connectivity index (χ4n) is 3.44. The molecule has 0 saturated heterocycles. The summed E-state index contributed by atoms with van der Waals surface area (Å²) >= 11 is 5.86. The number of rotatable bonds is 9. The van der Waals surface area contributed by atoms with E-state index in [0.717, 1.165) is 29.7 Å². The van der Waals surface area contributed by atoms with Crippen molar-refractivity contribution in [3.05, 3.63) is 58.1 Å². The number of carboxylic acids is 1. The number of nitrogens with one attached hydrogen (secondary N) is 2. The molecule has 0 aromatic heterocycles. The Kier molecular flexibility index (Phi) is 7.30. The number of nitrogens with zero attached hydrogens (tertiary/aromatic N) is 1. The second-order valence-electron chi connectivity index (χ2n) is 7.81. The van der Waals surface area contributed by atoms with Gasteiger partial charge in [-0.2, -0.15) is 0 Å². The van der Waals surface area contributed by atoms with Gasteiger partial charge in [0, 0.05) is 30.4 Å². The van der Waals surface area contributed by atoms with Gasteiger partial charge in [-0.3, -0.25) is 14.5 Å². The van der Waals surface area contributed by atoms with Crippen LogP contribution in [0.5, 0.6) is 0 Å². The molecule has 3 N–H and O–H groups in total. The van der Waals surface area contributed by atoms with Crippen LogP contribution in [0.2, 0.25) is 5.02 Å². The number of carbonyl (C=O) groups excluding carboxylic acids is 2. The number of aromatic carboxylic acids is 1. The molecule has 0 aliphatic heterocycles. The van der Waals surface area contributed by atoms with Crippen molar-refractivity contribution in [1.82, 2.24) is 4.90 Å². The average molecular weight is 444 g/mol. The zero-order valence-corrected chi connectivity index (χ0v) is 18.3. The molecule has 1 aliphatic rings. The molecule has 0 heterocycles. The summed E-state index contributed by atoms with van der Waals surface area (Å²) in [5.74, 6) is -1.51. The van der Waals surface area contributed by atoms with Crippen molar-refractivity contribution in [2.75, 3.05) is 23.7 Å². The van der Waals surface area contributed by atoms with Crippen LogP contribution in [-0.2, 0) is 9.59 Å². The molecule has 2 aromatic carbocycles. The van der Waals surface area contributed by atoms with Gasteiger partial charge in [0.25, 0.3) is 0 Å². The molecule has 8 heteroatoms.